The highest BCUT2D eigenvalue weighted by Crippen LogP contribution is 2.28. The Morgan fingerprint density at radius 3 is 2.74 bits per heavy atom. The molecule has 1 atom stereocenters. The van der Waals surface area contributed by atoms with E-state index in [1.165, 1.54) is 5.56 Å². The van der Waals surface area contributed by atoms with Gasteiger partial charge in [-0.3, -0.25) is 4.79 Å². The number of aliphatic carboxylic acids is 1. The third-order valence-corrected chi connectivity index (χ3v) is 4.15. The highest BCUT2D eigenvalue weighted by Gasteiger charge is 2.27. The first-order valence-electron chi connectivity index (χ1n) is 6.40. The Bertz CT molecular complexity index is 479. The molecule has 2 rings (SSSR count). The van der Waals surface area contributed by atoms with Crippen molar-refractivity contribution < 1.29 is 9.90 Å². The van der Waals surface area contributed by atoms with Crippen molar-refractivity contribution in [3.05, 3.63) is 28.2 Å². The summed E-state index contributed by atoms with van der Waals surface area (Å²) < 4.78 is 1.03. The number of likely N-dealkylation sites (N-methyl/N-ethyl adjacent to an activating group) is 1. The minimum atomic E-state index is -0.720. The SMILES string of the molecule is Cc1ccc(N2CCN(C)CC(C(=O)O)C2)c(Br)c1. The maximum Gasteiger partial charge on any atom is 0.309 e. The van der Waals surface area contributed by atoms with Crippen molar-refractivity contribution in [1.29, 1.82) is 0 Å². The molecule has 1 aromatic carbocycles. The van der Waals surface area contributed by atoms with Crippen LogP contribution in [0.15, 0.2) is 22.7 Å². The smallest absolute Gasteiger partial charge is 0.309 e. The number of benzene rings is 1. The number of carboxylic acid groups (broad SMARTS) is 1. The molecule has 1 fully saturated rings. The lowest BCUT2D eigenvalue weighted by atomic mass is 10.1. The molecule has 0 aromatic heterocycles. The van der Waals surface area contributed by atoms with Crippen LogP contribution < -0.4 is 4.90 Å². The van der Waals surface area contributed by atoms with E-state index in [0.29, 0.717) is 13.1 Å². The molecule has 0 bridgehead atoms. The van der Waals surface area contributed by atoms with Crippen molar-refractivity contribution in [2.24, 2.45) is 5.92 Å². The van der Waals surface area contributed by atoms with Crippen LogP contribution in [-0.2, 0) is 4.79 Å². The third kappa shape index (κ3) is 3.48. The second-order valence-electron chi connectivity index (χ2n) is 5.20. The fourth-order valence-electron chi connectivity index (χ4n) is 2.42. The van der Waals surface area contributed by atoms with Crippen molar-refractivity contribution in [3.63, 3.8) is 0 Å². The highest BCUT2D eigenvalue weighted by molar-refractivity contribution is 9.10. The molecule has 0 amide bonds. The van der Waals surface area contributed by atoms with Gasteiger partial charge in [0.15, 0.2) is 0 Å². The molecule has 19 heavy (non-hydrogen) atoms. The minimum absolute atomic E-state index is 0.347. The van der Waals surface area contributed by atoms with Crippen LogP contribution in [-0.4, -0.2) is 49.2 Å². The van der Waals surface area contributed by atoms with Crippen molar-refractivity contribution in [2.75, 3.05) is 38.1 Å². The van der Waals surface area contributed by atoms with Crippen LogP contribution in [0.3, 0.4) is 0 Å². The number of rotatable bonds is 2. The Morgan fingerprint density at radius 2 is 2.11 bits per heavy atom. The van der Waals surface area contributed by atoms with E-state index in [4.69, 9.17) is 0 Å². The van der Waals surface area contributed by atoms with Crippen molar-refractivity contribution in [1.82, 2.24) is 4.90 Å². The molecule has 5 heteroatoms. The van der Waals surface area contributed by atoms with Gasteiger partial charge >= 0.3 is 5.97 Å². The van der Waals surface area contributed by atoms with Gasteiger partial charge in [0.2, 0.25) is 0 Å². The summed E-state index contributed by atoms with van der Waals surface area (Å²) in [6, 6.07) is 6.19. The van der Waals surface area contributed by atoms with E-state index in [1.54, 1.807) is 0 Å². The van der Waals surface area contributed by atoms with Crippen molar-refractivity contribution in [3.8, 4) is 0 Å². The zero-order valence-corrected chi connectivity index (χ0v) is 12.9. The lowest BCUT2D eigenvalue weighted by Crippen LogP contribution is -2.34. The predicted octanol–water partition coefficient (Wildman–Crippen LogP) is 2.21. The molecular weight excluding hydrogens is 308 g/mol. The van der Waals surface area contributed by atoms with Gasteiger partial charge in [-0.15, -0.1) is 0 Å². The molecule has 0 saturated carbocycles. The van der Waals surface area contributed by atoms with E-state index >= 15 is 0 Å². The summed E-state index contributed by atoms with van der Waals surface area (Å²) in [5.74, 6) is -1.07. The van der Waals surface area contributed by atoms with E-state index < -0.39 is 5.97 Å². The first-order chi connectivity index (χ1) is 8.97. The summed E-state index contributed by atoms with van der Waals surface area (Å²) in [4.78, 5) is 15.5. The average Bonchev–Trinajstić information content (AvgIpc) is 2.51. The third-order valence-electron chi connectivity index (χ3n) is 3.52. The van der Waals surface area contributed by atoms with Gasteiger partial charge in [0.05, 0.1) is 11.6 Å². The summed E-state index contributed by atoms with van der Waals surface area (Å²) in [6.45, 7) is 4.94. The zero-order valence-electron chi connectivity index (χ0n) is 11.3. The van der Waals surface area contributed by atoms with Crippen LogP contribution in [0.4, 0.5) is 5.69 Å². The van der Waals surface area contributed by atoms with Gasteiger partial charge in [-0.1, -0.05) is 6.07 Å². The molecule has 0 spiro atoms. The Labute approximate surface area is 122 Å². The number of hydrogen-bond donors (Lipinski definition) is 1. The van der Waals surface area contributed by atoms with Crippen molar-refractivity contribution >= 4 is 27.6 Å². The fourth-order valence-corrected chi connectivity index (χ4v) is 3.16. The molecule has 1 aromatic rings. The summed E-state index contributed by atoms with van der Waals surface area (Å²) in [7, 11) is 1.98. The van der Waals surface area contributed by atoms with Gasteiger partial charge < -0.3 is 14.9 Å². The van der Waals surface area contributed by atoms with E-state index in [-0.39, 0.29) is 5.92 Å². The topological polar surface area (TPSA) is 43.8 Å². The second kappa shape index (κ2) is 5.92. The summed E-state index contributed by atoms with van der Waals surface area (Å²) in [5.41, 5.74) is 2.27. The number of nitrogens with zero attached hydrogens (tertiary/aromatic N) is 2. The van der Waals surface area contributed by atoms with Crippen LogP contribution >= 0.6 is 15.9 Å². The molecule has 1 aliphatic heterocycles. The van der Waals surface area contributed by atoms with Crippen LogP contribution in [0.25, 0.3) is 0 Å². The maximum atomic E-state index is 11.3. The number of aryl methyl sites for hydroxylation is 1. The molecule has 104 valence electrons. The largest absolute Gasteiger partial charge is 0.481 e. The van der Waals surface area contributed by atoms with Gasteiger partial charge in [-0.05, 0) is 47.6 Å². The molecule has 1 aliphatic rings. The molecule has 0 aliphatic carbocycles. The van der Waals surface area contributed by atoms with E-state index in [0.717, 1.165) is 23.2 Å². The zero-order chi connectivity index (χ0) is 14.0. The lowest BCUT2D eigenvalue weighted by Gasteiger charge is -2.25. The predicted molar refractivity (Wildman–Crippen MR) is 79.7 cm³/mol. The monoisotopic (exact) mass is 326 g/mol. The minimum Gasteiger partial charge on any atom is -0.481 e. The molecule has 1 unspecified atom stereocenters. The van der Waals surface area contributed by atoms with E-state index in [9.17, 15) is 9.90 Å². The quantitative estimate of drug-likeness (QED) is 0.905. The number of halogens is 1. The Hall–Kier alpha value is -1.07. The van der Waals surface area contributed by atoms with Gasteiger partial charge in [-0.25, -0.2) is 0 Å². The molecular formula is C14H19BrN2O2. The molecule has 1 N–H and O–H groups in total. The highest BCUT2D eigenvalue weighted by atomic mass is 79.9. The van der Waals surface area contributed by atoms with Gasteiger partial charge in [0.25, 0.3) is 0 Å². The van der Waals surface area contributed by atoms with Gasteiger partial charge in [-0.2, -0.15) is 0 Å². The first kappa shape index (κ1) is 14.3. The van der Waals surface area contributed by atoms with Crippen LogP contribution in [0.2, 0.25) is 0 Å². The lowest BCUT2D eigenvalue weighted by molar-refractivity contribution is -0.141. The Kier molecular flexibility index (Phi) is 4.47. The molecule has 1 saturated heterocycles. The average molecular weight is 327 g/mol. The Balaban J connectivity index is 2.25. The number of carboxylic acids is 1. The van der Waals surface area contributed by atoms with Crippen LogP contribution in [0, 0.1) is 12.8 Å². The Morgan fingerprint density at radius 1 is 1.37 bits per heavy atom. The van der Waals surface area contributed by atoms with Crippen LogP contribution in [0.5, 0.6) is 0 Å². The molecule has 1 heterocycles. The number of carbonyl (C=O) groups is 1. The number of hydrogen-bond acceptors (Lipinski definition) is 3. The van der Waals surface area contributed by atoms with Crippen LogP contribution in [0.1, 0.15) is 5.56 Å². The normalized spacial score (nSPS) is 21.2. The first-order valence-corrected chi connectivity index (χ1v) is 7.19. The maximum absolute atomic E-state index is 11.3. The summed E-state index contributed by atoms with van der Waals surface area (Å²) in [5, 5.41) is 9.29. The van der Waals surface area contributed by atoms with Gasteiger partial charge in [0, 0.05) is 30.7 Å². The summed E-state index contributed by atoms with van der Waals surface area (Å²) >= 11 is 3.58. The van der Waals surface area contributed by atoms with E-state index in [1.807, 2.05) is 14.0 Å². The summed E-state index contributed by atoms with van der Waals surface area (Å²) in [6.07, 6.45) is 0. The molecule has 0 radical (unpaired) electrons. The number of anilines is 1. The second-order valence-corrected chi connectivity index (χ2v) is 6.05. The standard InChI is InChI=1S/C14H19BrN2O2/c1-10-3-4-13(12(15)7-10)17-6-5-16(2)8-11(9-17)14(18)19/h3-4,7,11H,5-6,8-9H2,1-2H3,(H,18,19). The fraction of sp³-hybridized carbons (Fsp3) is 0.500. The van der Waals surface area contributed by atoms with Gasteiger partial charge in [0.1, 0.15) is 0 Å². The van der Waals surface area contributed by atoms with Crippen molar-refractivity contribution in [2.45, 2.75) is 6.92 Å². The van der Waals surface area contributed by atoms with E-state index in [2.05, 4.69) is 43.9 Å². The molecule has 4 nitrogen and oxygen atoms in total.